The van der Waals surface area contributed by atoms with Gasteiger partial charge in [0.2, 0.25) is 0 Å². The molecule has 0 amide bonds. The first-order chi connectivity index (χ1) is 7.47. The second-order valence-corrected chi connectivity index (χ2v) is 4.48. The molecule has 0 saturated heterocycles. The Labute approximate surface area is 97.1 Å². The van der Waals surface area contributed by atoms with Crippen LogP contribution >= 0.6 is 11.3 Å². The lowest BCUT2D eigenvalue weighted by atomic mass is 10.2. The Bertz CT molecular complexity index is 381. The highest BCUT2D eigenvalue weighted by atomic mass is 32.1. The number of carboxylic acids is 1. The molecule has 0 radical (unpaired) electrons. The van der Waals surface area contributed by atoms with E-state index in [1.54, 1.807) is 7.11 Å². The van der Waals surface area contributed by atoms with E-state index < -0.39 is 5.97 Å². The van der Waals surface area contributed by atoms with Gasteiger partial charge in [0.05, 0.1) is 11.6 Å². The number of thiazole rings is 1. The molecule has 1 atom stereocenters. The van der Waals surface area contributed by atoms with Crippen LogP contribution in [-0.4, -0.2) is 35.6 Å². The van der Waals surface area contributed by atoms with Crippen LogP contribution in [0.1, 0.15) is 44.9 Å². The summed E-state index contributed by atoms with van der Waals surface area (Å²) in [6.07, 6.45) is 0. The SMILES string of the molecule is COCC(C)c1nc(C(=O)O)c(C(C)=O)s1. The van der Waals surface area contributed by atoms with E-state index in [0.717, 1.165) is 11.3 Å². The van der Waals surface area contributed by atoms with Crippen molar-refractivity contribution in [2.45, 2.75) is 19.8 Å². The van der Waals surface area contributed by atoms with Crippen LogP contribution < -0.4 is 0 Å². The zero-order chi connectivity index (χ0) is 12.3. The van der Waals surface area contributed by atoms with E-state index in [0.29, 0.717) is 11.6 Å². The van der Waals surface area contributed by atoms with Gasteiger partial charge in [0, 0.05) is 20.0 Å². The number of nitrogens with zero attached hydrogens (tertiary/aromatic N) is 1. The minimum absolute atomic E-state index is 0.0128. The number of Topliss-reactive ketones (excluding diaryl/α,β-unsaturated/α-hetero) is 1. The molecule has 1 rings (SSSR count). The zero-order valence-corrected chi connectivity index (χ0v) is 10.1. The van der Waals surface area contributed by atoms with Gasteiger partial charge in [0.25, 0.3) is 0 Å². The molecule has 1 unspecified atom stereocenters. The molecule has 0 spiro atoms. The van der Waals surface area contributed by atoms with Crippen molar-refractivity contribution in [3.05, 3.63) is 15.6 Å². The van der Waals surface area contributed by atoms with E-state index >= 15 is 0 Å². The van der Waals surface area contributed by atoms with E-state index in [9.17, 15) is 9.59 Å². The number of carboxylic acid groups (broad SMARTS) is 1. The molecule has 88 valence electrons. The summed E-state index contributed by atoms with van der Waals surface area (Å²) in [4.78, 5) is 26.3. The van der Waals surface area contributed by atoms with Gasteiger partial charge in [0.1, 0.15) is 4.88 Å². The molecule has 0 aliphatic rings. The fourth-order valence-corrected chi connectivity index (χ4v) is 2.24. The van der Waals surface area contributed by atoms with Crippen molar-refractivity contribution in [3.8, 4) is 0 Å². The van der Waals surface area contributed by atoms with Gasteiger partial charge in [0.15, 0.2) is 11.5 Å². The molecule has 0 bridgehead atoms. The number of methoxy groups -OCH3 is 1. The third kappa shape index (κ3) is 2.65. The number of ketones is 1. The Morgan fingerprint density at radius 2 is 2.19 bits per heavy atom. The van der Waals surface area contributed by atoms with Crippen molar-refractivity contribution < 1.29 is 19.4 Å². The summed E-state index contributed by atoms with van der Waals surface area (Å²) < 4.78 is 4.96. The molecule has 16 heavy (non-hydrogen) atoms. The second kappa shape index (κ2) is 5.18. The number of rotatable bonds is 5. The number of aromatic nitrogens is 1. The molecule has 0 aromatic carbocycles. The third-order valence-electron chi connectivity index (χ3n) is 2.00. The van der Waals surface area contributed by atoms with Gasteiger partial charge in [-0.3, -0.25) is 4.79 Å². The largest absolute Gasteiger partial charge is 0.476 e. The molecule has 1 heterocycles. The first-order valence-corrected chi connectivity index (χ1v) is 5.53. The summed E-state index contributed by atoms with van der Waals surface area (Å²) >= 11 is 1.12. The van der Waals surface area contributed by atoms with Gasteiger partial charge in [-0.15, -0.1) is 11.3 Å². The fraction of sp³-hybridized carbons (Fsp3) is 0.500. The molecule has 0 aliphatic heterocycles. The van der Waals surface area contributed by atoms with Crippen molar-refractivity contribution in [2.75, 3.05) is 13.7 Å². The van der Waals surface area contributed by atoms with Gasteiger partial charge >= 0.3 is 5.97 Å². The number of ether oxygens (including phenoxy) is 1. The summed E-state index contributed by atoms with van der Waals surface area (Å²) in [5.74, 6) is -1.45. The molecule has 0 fully saturated rings. The number of carbonyl (C=O) groups is 2. The Kier molecular flexibility index (Phi) is 4.14. The molecule has 1 aromatic heterocycles. The van der Waals surface area contributed by atoms with Crippen LogP contribution in [0.2, 0.25) is 0 Å². The number of hydrogen-bond acceptors (Lipinski definition) is 5. The van der Waals surface area contributed by atoms with Gasteiger partial charge in [-0.25, -0.2) is 9.78 Å². The van der Waals surface area contributed by atoms with E-state index in [-0.39, 0.29) is 22.3 Å². The fourth-order valence-electron chi connectivity index (χ4n) is 1.25. The summed E-state index contributed by atoms with van der Waals surface area (Å²) in [6, 6.07) is 0. The van der Waals surface area contributed by atoms with Crippen molar-refractivity contribution in [1.29, 1.82) is 0 Å². The van der Waals surface area contributed by atoms with Crippen molar-refractivity contribution in [1.82, 2.24) is 4.98 Å². The molecule has 0 aliphatic carbocycles. The highest BCUT2D eigenvalue weighted by Crippen LogP contribution is 2.25. The maximum Gasteiger partial charge on any atom is 0.356 e. The van der Waals surface area contributed by atoms with E-state index in [1.807, 2.05) is 6.92 Å². The van der Waals surface area contributed by atoms with E-state index in [1.165, 1.54) is 6.92 Å². The molecule has 5 nitrogen and oxygen atoms in total. The molecular formula is C10H13NO4S. The van der Waals surface area contributed by atoms with Crippen LogP contribution in [0.5, 0.6) is 0 Å². The molecule has 1 N–H and O–H groups in total. The standard InChI is InChI=1S/C10H13NO4S/c1-5(4-15-3)9-11-7(10(13)14)8(16-9)6(2)12/h5H,4H2,1-3H3,(H,13,14). The molecule has 1 aromatic rings. The lowest BCUT2D eigenvalue weighted by molar-refractivity contribution is 0.0686. The van der Waals surface area contributed by atoms with E-state index in [2.05, 4.69) is 4.98 Å². The minimum Gasteiger partial charge on any atom is -0.476 e. The second-order valence-electron chi connectivity index (χ2n) is 3.45. The summed E-state index contributed by atoms with van der Waals surface area (Å²) in [6.45, 7) is 3.66. The van der Waals surface area contributed by atoms with E-state index in [4.69, 9.17) is 9.84 Å². The van der Waals surface area contributed by atoms with Crippen LogP contribution in [0.4, 0.5) is 0 Å². The molecule has 6 heteroatoms. The quantitative estimate of drug-likeness (QED) is 0.798. The summed E-state index contributed by atoms with van der Waals surface area (Å²) in [5, 5.41) is 9.52. The van der Waals surface area contributed by atoms with Crippen molar-refractivity contribution in [3.63, 3.8) is 0 Å². The Morgan fingerprint density at radius 1 is 1.56 bits per heavy atom. The van der Waals surface area contributed by atoms with Crippen LogP contribution in [0.15, 0.2) is 0 Å². The van der Waals surface area contributed by atoms with Crippen molar-refractivity contribution >= 4 is 23.1 Å². The average Bonchev–Trinajstić information content (AvgIpc) is 2.62. The normalized spacial score (nSPS) is 12.4. The number of carbonyl (C=O) groups excluding carboxylic acids is 1. The molecule has 0 saturated carbocycles. The van der Waals surface area contributed by atoms with Gasteiger partial charge in [-0.2, -0.15) is 0 Å². The maximum absolute atomic E-state index is 11.2. The summed E-state index contributed by atoms with van der Waals surface area (Å²) in [5.41, 5.74) is -0.157. The minimum atomic E-state index is -1.17. The van der Waals surface area contributed by atoms with Gasteiger partial charge in [-0.1, -0.05) is 6.92 Å². The maximum atomic E-state index is 11.2. The predicted molar refractivity (Wildman–Crippen MR) is 59.4 cm³/mol. The van der Waals surface area contributed by atoms with Crippen molar-refractivity contribution in [2.24, 2.45) is 0 Å². The van der Waals surface area contributed by atoms with Crippen LogP contribution in [0.25, 0.3) is 0 Å². The third-order valence-corrected chi connectivity index (χ3v) is 3.39. The Balaban J connectivity index is 3.11. The molecular weight excluding hydrogens is 230 g/mol. The first-order valence-electron chi connectivity index (χ1n) is 4.71. The average molecular weight is 243 g/mol. The Hall–Kier alpha value is -1.27. The Morgan fingerprint density at radius 3 is 2.56 bits per heavy atom. The monoisotopic (exact) mass is 243 g/mol. The van der Waals surface area contributed by atoms with Crippen LogP contribution in [0, 0.1) is 0 Å². The lowest BCUT2D eigenvalue weighted by Gasteiger charge is -2.04. The van der Waals surface area contributed by atoms with Gasteiger partial charge in [-0.05, 0) is 0 Å². The highest BCUT2D eigenvalue weighted by Gasteiger charge is 2.22. The van der Waals surface area contributed by atoms with Gasteiger partial charge < -0.3 is 9.84 Å². The summed E-state index contributed by atoms with van der Waals surface area (Å²) in [7, 11) is 1.56. The lowest BCUT2D eigenvalue weighted by Crippen LogP contribution is -2.05. The predicted octanol–water partition coefficient (Wildman–Crippen LogP) is 1.79. The topological polar surface area (TPSA) is 76.5 Å². The number of hydrogen-bond donors (Lipinski definition) is 1. The number of aromatic carboxylic acids is 1. The van der Waals surface area contributed by atoms with Crippen LogP contribution in [0.3, 0.4) is 0 Å². The smallest absolute Gasteiger partial charge is 0.356 e. The first kappa shape index (κ1) is 12.8. The zero-order valence-electron chi connectivity index (χ0n) is 9.31. The highest BCUT2D eigenvalue weighted by molar-refractivity contribution is 7.14. The van der Waals surface area contributed by atoms with Crippen LogP contribution in [-0.2, 0) is 4.74 Å².